The Kier molecular flexibility index (Phi) is 5.69. The van der Waals surface area contributed by atoms with E-state index < -0.39 is 0 Å². The van der Waals surface area contributed by atoms with Crippen molar-refractivity contribution in [2.75, 3.05) is 6.61 Å². The number of nitrogens with one attached hydrogen (secondary N) is 1. The number of aliphatic hydroxyl groups excluding tert-OH is 1. The summed E-state index contributed by atoms with van der Waals surface area (Å²) >= 11 is 5.91. The standard InChI is InChI=1S/C13H21ClN2O2/c1-4-16-8-10(14)7-12(16)13(18)15-11(5-6-17)9(2)3/h7-9,11,17H,4-6H2,1-3H3,(H,15,18). The molecule has 1 unspecified atom stereocenters. The van der Waals surface area contributed by atoms with Crippen molar-refractivity contribution in [3.05, 3.63) is 23.0 Å². The predicted molar refractivity (Wildman–Crippen MR) is 72.9 cm³/mol. The molecule has 1 atom stereocenters. The maximum atomic E-state index is 12.2. The number of halogens is 1. The predicted octanol–water partition coefficient (Wildman–Crippen LogP) is 2.30. The zero-order valence-electron chi connectivity index (χ0n) is 11.1. The zero-order chi connectivity index (χ0) is 13.7. The van der Waals surface area contributed by atoms with Crippen molar-refractivity contribution in [3.8, 4) is 0 Å². The lowest BCUT2D eigenvalue weighted by Gasteiger charge is -2.21. The van der Waals surface area contributed by atoms with Gasteiger partial charge >= 0.3 is 0 Å². The molecule has 0 bridgehead atoms. The average molecular weight is 273 g/mol. The molecule has 0 saturated heterocycles. The second-order valence-electron chi connectivity index (χ2n) is 4.67. The zero-order valence-corrected chi connectivity index (χ0v) is 11.9. The van der Waals surface area contributed by atoms with Crippen molar-refractivity contribution in [1.82, 2.24) is 9.88 Å². The van der Waals surface area contributed by atoms with Gasteiger partial charge in [-0.25, -0.2) is 0 Å². The van der Waals surface area contributed by atoms with Gasteiger partial charge in [0.2, 0.25) is 0 Å². The van der Waals surface area contributed by atoms with Gasteiger partial charge in [0.05, 0.1) is 5.02 Å². The number of aliphatic hydroxyl groups is 1. The van der Waals surface area contributed by atoms with E-state index in [0.29, 0.717) is 23.7 Å². The minimum atomic E-state index is -0.143. The molecular weight excluding hydrogens is 252 g/mol. The lowest BCUT2D eigenvalue weighted by molar-refractivity contribution is 0.0907. The van der Waals surface area contributed by atoms with E-state index in [-0.39, 0.29) is 24.5 Å². The summed E-state index contributed by atoms with van der Waals surface area (Å²) in [5, 5.41) is 12.5. The Morgan fingerprint density at radius 3 is 2.72 bits per heavy atom. The van der Waals surface area contributed by atoms with Gasteiger partial charge in [-0.15, -0.1) is 0 Å². The second-order valence-corrected chi connectivity index (χ2v) is 5.10. The number of nitrogens with zero attached hydrogens (tertiary/aromatic N) is 1. The molecule has 0 spiro atoms. The summed E-state index contributed by atoms with van der Waals surface area (Å²) in [4.78, 5) is 12.2. The van der Waals surface area contributed by atoms with Gasteiger partial charge in [0, 0.05) is 25.4 Å². The summed E-state index contributed by atoms with van der Waals surface area (Å²) in [6.07, 6.45) is 2.30. The van der Waals surface area contributed by atoms with E-state index in [4.69, 9.17) is 16.7 Å². The molecule has 0 aliphatic carbocycles. The molecule has 2 N–H and O–H groups in total. The fourth-order valence-electron chi connectivity index (χ4n) is 1.88. The lowest BCUT2D eigenvalue weighted by atomic mass is 10.0. The molecule has 0 aromatic carbocycles. The minimum absolute atomic E-state index is 0.0264. The van der Waals surface area contributed by atoms with E-state index in [1.165, 1.54) is 0 Å². The molecule has 102 valence electrons. The van der Waals surface area contributed by atoms with Crippen molar-refractivity contribution in [2.45, 2.75) is 39.8 Å². The number of carbonyl (C=O) groups is 1. The molecule has 1 aromatic rings. The number of hydrogen-bond donors (Lipinski definition) is 2. The molecule has 1 rings (SSSR count). The molecule has 1 aromatic heterocycles. The molecule has 0 aliphatic rings. The highest BCUT2D eigenvalue weighted by Gasteiger charge is 2.19. The maximum absolute atomic E-state index is 12.2. The molecule has 0 radical (unpaired) electrons. The van der Waals surface area contributed by atoms with Crippen molar-refractivity contribution >= 4 is 17.5 Å². The smallest absolute Gasteiger partial charge is 0.268 e. The van der Waals surface area contributed by atoms with E-state index in [1.807, 2.05) is 25.3 Å². The van der Waals surface area contributed by atoms with Gasteiger partial charge in [0.1, 0.15) is 5.69 Å². The normalized spacial score (nSPS) is 12.8. The van der Waals surface area contributed by atoms with Crippen molar-refractivity contribution in [1.29, 1.82) is 0 Å². The van der Waals surface area contributed by atoms with Gasteiger partial charge in [-0.2, -0.15) is 0 Å². The first-order valence-electron chi connectivity index (χ1n) is 6.27. The molecule has 0 fully saturated rings. The number of aromatic nitrogens is 1. The Bertz CT molecular complexity index is 402. The van der Waals surface area contributed by atoms with Crippen LogP contribution in [0.1, 0.15) is 37.7 Å². The first-order chi connectivity index (χ1) is 8.49. The molecule has 5 heteroatoms. The first-order valence-corrected chi connectivity index (χ1v) is 6.64. The second kappa shape index (κ2) is 6.81. The van der Waals surface area contributed by atoms with Gasteiger partial charge in [-0.3, -0.25) is 4.79 Å². The van der Waals surface area contributed by atoms with Gasteiger partial charge < -0.3 is 15.0 Å². The van der Waals surface area contributed by atoms with E-state index in [2.05, 4.69) is 5.32 Å². The van der Waals surface area contributed by atoms with Crippen LogP contribution < -0.4 is 5.32 Å². The number of carbonyl (C=O) groups excluding carboxylic acids is 1. The highest BCUT2D eigenvalue weighted by molar-refractivity contribution is 6.31. The molecule has 18 heavy (non-hydrogen) atoms. The Hall–Kier alpha value is -1.00. The first kappa shape index (κ1) is 15.1. The Labute approximate surface area is 113 Å². The molecule has 4 nitrogen and oxygen atoms in total. The highest BCUT2D eigenvalue weighted by Crippen LogP contribution is 2.15. The Morgan fingerprint density at radius 1 is 1.56 bits per heavy atom. The van der Waals surface area contributed by atoms with Gasteiger partial charge in [-0.1, -0.05) is 25.4 Å². The quantitative estimate of drug-likeness (QED) is 0.835. The summed E-state index contributed by atoms with van der Waals surface area (Å²) in [5.74, 6) is 0.137. The number of amides is 1. The third kappa shape index (κ3) is 3.75. The molecule has 1 amide bonds. The molecular formula is C13H21ClN2O2. The minimum Gasteiger partial charge on any atom is -0.396 e. The SMILES string of the molecule is CCn1cc(Cl)cc1C(=O)NC(CCO)C(C)C. The van der Waals surface area contributed by atoms with Crippen LogP contribution in [0.4, 0.5) is 0 Å². The maximum Gasteiger partial charge on any atom is 0.268 e. The summed E-state index contributed by atoms with van der Waals surface area (Å²) in [7, 11) is 0. The third-order valence-electron chi connectivity index (χ3n) is 3.00. The average Bonchev–Trinajstić information content (AvgIpc) is 2.69. The topological polar surface area (TPSA) is 54.3 Å². The van der Waals surface area contributed by atoms with Gasteiger partial charge in [0.25, 0.3) is 5.91 Å². The van der Waals surface area contributed by atoms with Crippen LogP contribution in [0, 0.1) is 5.92 Å². The summed E-state index contributed by atoms with van der Waals surface area (Å²) in [5.41, 5.74) is 0.561. The monoisotopic (exact) mass is 272 g/mol. The van der Waals surface area contributed by atoms with Crippen LogP contribution >= 0.6 is 11.6 Å². The molecule has 0 aliphatic heterocycles. The van der Waals surface area contributed by atoms with E-state index in [0.717, 1.165) is 0 Å². The Morgan fingerprint density at radius 2 is 2.22 bits per heavy atom. The fourth-order valence-corrected chi connectivity index (χ4v) is 2.10. The van der Waals surface area contributed by atoms with E-state index >= 15 is 0 Å². The van der Waals surface area contributed by atoms with Crippen LogP contribution in [0.25, 0.3) is 0 Å². The third-order valence-corrected chi connectivity index (χ3v) is 3.20. The summed E-state index contributed by atoms with van der Waals surface area (Å²) in [6, 6.07) is 1.64. The number of rotatable bonds is 6. The molecule has 1 heterocycles. The summed E-state index contributed by atoms with van der Waals surface area (Å²) < 4.78 is 1.81. The Balaban J connectivity index is 2.79. The molecule has 0 saturated carbocycles. The van der Waals surface area contributed by atoms with Crippen LogP contribution in [-0.4, -0.2) is 28.2 Å². The van der Waals surface area contributed by atoms with E-state index in [9.17, 15) is 4.79 Å². The van der Waals surface area contributed by atoms with Gasteiger partial charge in [-0.05, 0) is 25.3 Å². The van der Waals surface area contributed by atoms with Crippen molar-refractivity contribution < 1.29 is 9.90 Å². The number of aryl methyl sites for hydroxylation is 1. The highest BCUT2D eigenvalue weighted by atomic mass is 35.5. The van der Waals surface area contributed by atoms with Crippen LogP contribution in [0.5, 0.6) is 0 Å². The fraction of sp³-hybridized carbons (Fsp3) is 0.615. The van der Waals surface area contributed by atoms with Crippen molar-refractivity contribution in [3.63, 3.8) is 0 Å². The van der Waals surface area contributed by atoms with Crippen molar-refractivity contribution in [2.24, 2.45) is 5.92 Å². The largest absolute Gasteiger partial charge is 0.396 e. The van der Waals surface area contributed by atoms with Crippen LogP contribution in [0.2, 0.25) is 5.02 Å². The lowest BCUT2D eigenvalue weighted by Crippen LogP contribution is -2.39. The van der Waals surface area contributed by atoms with Crippen LogP contribution in [0.15, 0.2) is 12.3 Å². The van der Waals surface area contributed by atoms with E-state index in [1.54, 1.807) is 12.3 Å². The van der Waals surface area contributed by atoms with Gasteiger partial charge in [0.15, 0.2) is 0 Å². The van der Waals surface area contributed by atoms with Crippen LogP contribution in [-0.2, 0) is 6.54 Å². The summed E-state index contributed by atoms with van der Waals surface area (Å²) in [6.45, 7) is 6.76. The van der Waals surface area contributed by atoms with Crippen LogP contribution in [0.3, 0.4) is 0 Å². The number of hydrogen-bond acceptors (Lipinski definition) is 2.